The molecule has 0 spiro atoms. The van der Waals surface area contributed by atoms with Gasteiger partial charge in [0, 0.05) is 44.6 Å². The van der Waals surface area contributed by atoms with E-state index >= 15 is 0 Å². The molecule has 2 saturated heterocycles. The minimum Gasteiger partial charge on any atom is -0.381 e. The third kappa shape index (κ3) is 4.69. The van der Waals surface area contributed by atoms with Crippen LogP contribution < -0.4 is 5.32 Å². The first-order chi connectivity index (χ1) is 10.8. The molecule has 0 aromatic carbocycles. The Morgan fingerprint density at radius 1 is 1.22 bits per heavy atom. The van der Waals surface area contributed by atoms with Gasteiger partial charge in [0.1, 0.15) is 0 Å². The van der Waals surface area contributed by atoms with E-state index in [2.05, 4.69) is 21.5 Å². The topological polar surface area (TPSA) is 36.9 Å². The molecule has 0 aromatic rings. The molecule has 3 aliphatic rings. The third-order valence-electron chi connectivity index (χ3n) is 5.89. The number of fused-ring (bicyclic) bond motifs is 1. The fourth-order valence-electron chi connectivity index (χ4n) is 4.35. The van der Waals surface area contributed by atoms with Crippen molar-refractivity contribution in [2.24, 2.45) is 16.8 Å². The highest BCUT2D eigenvalue weighted by Crippen LogP contribution is 2.36. The molecule has 3 fully saturated rings. The van der Waals surface area contributed by atoms with Crippen molar-refractivity contribution in [1.29, 1.82) is 0 Å². The zero-order chi connectivity index (χ0) is 15.4. The van der Waals surface area contributed by atoms with Crippen LogP contribution in [0.1, 0.15) is 38.5 Å². The molecule has 0 aromatic heterocycles. The molecule has 2 unspecified atom stereocenters. The molecule has 2 atom stereocenters. The van der Waals surface area contributed by atoms with Crippen molar-refractivity contribution in [3.63, 3.8) is 0 Å². The molecular weight excluding hydrogens is 421 g/mol. The number of likely N-dealkylation sites (tertiary alicyclic amines) is 1. The largest absolute Gasteiger partial charge is 0.381 e. The molecule has 1 saturated carbocycles. The van der Waals surface area contributed by atoms with Crippen LogP contribution in [0.15, 0.2) is 4.99 Å². The second-order valence-corrected chi connectivity index (χ2v) is 8.38. The average Bonchev–Trinajstić information content (AvgIpc) is 3.00. The Hall–Kier alpha value is 0.310. The third-order valence-corrected chi connectivity index (χ3v) is 7.31. The van der Waals surface area contributed by atoms with Crippen molar-refractivity contribution < 1.29 is 4.74 Å². The van der Waals surface area contributed by atoms with Gasteiger partial charge < -0.3 is 15.0 Å². The highest BCUT2D eigenvalue weighted by molar-refractivity contribution is 14.0. The zero-order valence-corrected chi connectivity index (χ0v) is 17.7. The van der Waals surface area contributed by atoms with Gasteiger partial charge in [-0.3, -0.25) is 4.99 Å². The lowest BCUT2D eigenvalue weighted by Crippen LogP contribution is -2.48. The van der Waals surface area contributed by atoms with Gasteiger partial charge in [0.05, 0.1) is 0 Å². The van der Waals surface area contributed by atoms with Crippen LogP contribution in [0.3, 0.4) is 0 Å². The fraction of sp³-hybridized carbons (Fsp3) is 0.941. The van der Waals surface area contributed by atoms with Crippen molar-refractivity contribution >= 4 is 41.7 Å². The van der Waals surface area contributed by atoms with E-state index in [9.17, 15) is 0 Å². The highest BCUT2D eigenvalue weighted by Gasteiger charge is 2.37. The van der Waals surface area contributed by atoms with Crippen LogP contribution in [0.25, 0.3) is 0 Å². The maximum atomic E-state index is 5.54. The van der Waals surface area contributed by atoms with E-state index in [-0.39, 0.29) is 24.0 Å². The minimum absolute atomic E-state index is 0. The van der Waals surface area contributed by atoms with E-state index in [1.807, 2.05) is 18.8 Å². The smallest absolute Gasteiger partial charge is 0.193 e. The van der Waals surface area contributed by atoms with Crippen LogP contribution in [0.2, 0.25) is 0 Å². The maximum absolute atomic E-state index is 5.54. The summed E-state index contributed by atoms with van der Waals surface area (Å²) in [6, 6.07) is 0. The van der Waals surface area contributed by atoms with E-state index in [0.717, 1.165) is 50.4 Å². The zero-order valence-electron chi connectivity index (χ0n) is 14.6. The van der Waals surface area contributed by atoms with Crippen LogP contribution in [-0.4, -0.2) is 61.8 Å². The highest BCUT2D eigenvalue weighted by atomic mass is 127. The van der Waals surface area contributed by atoms with E-state index in [4.69, 9.17) is 4.74 Å². The number of nitrogens with one attached hydrogen (secondary N) is 1. The molecule has 0 radical (unpaired) electrons. The number of rotatable bonds is 3. The first-order valence-corrected chi connectivity index (χ1v) is 10.1. The van der Waals surface area contributed by atoms with Gasteiger partial charge in [-0.2, -0.15) is 11.8 Å². The number of aliphatic imine (C=N–C) groups is 1. The molecule has 2 heterocycles. The fourth-order valence-corrected chi connectivity index (χ4v) is 5.14. The summed E-state index contributed by atoms with van der Waals surface area (Å²) in [4.78, 5) is 7.08. The number of thioether (sulfide) groups is 1. The van der Waals surface area contributed by atoms with Gasteiger partial charge in [-0.1, -0.05) is 12.8 Å². The van der Waals surface area contributed by atoms with Gasteiger partial charge in [0.15, 0.2) is 5.96 Å². The first kappa shape index (κ1) is 19.6. The summed E-state index contributed by atoms with van der Waals surface area (Å²) in [6.45, 7) is 5.22. The van der Waals surface area contributed by atoms with Gasteiger partial charge >= 0.3 is 0 Å². The number of hydrogen-bond acceptors (Lipinski definition) is 3. The van der Waals surface area contributed by atoms with Crippen molar-refractivity contribution in [2.45, 2.75) is 43.3 Å². The van der Waals surface area contributed by atoms with Gasteiger partial charge in [-0.05, 0) is 43.8 Å². The monoisotopic (exact) mass is 453 g/mol. The van der Waals surface area contributed by atoms with Crippen LogP contribution in [0.4, 0.5) is 0 Å². The molecule has 4 nitrogen and oxygen atoms in total. The van der Waals surface area contributed by atoms with Crippen molar-refractivity contribution in [1.82, 2.24) is 10.2 Å². The number of ether oxygens (including phenoxy) is 1. The summed E-state index contributed by atoms with van der Waals surface area (Å²) >= 11 is 1.99. The lowest BCUT2D eigenvalue weighted by atomic mass is 9.82. The summed E-state index contributed by atoms with van der Waals surface area (Å²) in [5.41, 5.74) is 0. The standard InChI is InChI=1S/C17H31N3OS.HI/c1-18-16(19-13-17(22-2)7-9-21-10-8-17)20-11-14-5-3-4-6-15(14)12-20;/h14-15H,3-13H2,1-2H3,(H,18,19);1H. The number of guanidine groups is 1. The van der Waals surface area contributed by atoms with Gasteiger partial charge in [0.25, 0.3) is 0 Å². The Kier molecular flexibility index (Phi) is 7.79. The van der Waals surface area contributed by atoms with E-state index < -0.39 is 0 Å². The molecule has 3 rings (SSSR count). The second kappa shape index (κ2) is 9.13. The summed E-state index contributed by atoms with van der Waals surface area (Å²) < 4.78 is 5.86. The Bertz CT molecular complexity index is 387. The van der Waals surface area contributed by atoms with E-state index in [1.54, 1.807) is 0 Å². The van der Waals surface area contributed by atoms with Crippen LogP contribution in [0, 0.1) is 11.8 Å². The molecule has 1 N–H and O–H groups in total. The average molecular weight is 453 g/mol. The van der Waals surface area contributed by atoms with Crippen LogP contribution >= 0.6 is 35.7 Å². The molecule has 2 aliphatic heterocycles. The quantitative estimate of drug-likeness (QED) is 0.405. The summed E-state index contributed by atoms with van der Waals surface area (Å²) in [5, 5.41) is 3.68. The Morgan fingerprint density at radius 3 is 2.35 bits per heavy atom. The SMILES string of the molecule is CN=C(NCC1(SC)CCOCC1)N1CC2CCCCC2C1.I. The normalized spacial score (nSPS) is 30.5. The number of halogens is 1. The second-order valence-electron chi connectivity index (χ2n) is 7.11. The molecule has 1 aliphatic carbocycles. The molecule has 0 bridgehead atoms. The molecule has 23 heavy (non-hydrogen) atoms. The number of hydrogen-bond donors (Lipinski definition) is 1. The molecular formula is C17H32IN3OS. The van der Waals surface area contributed by atoms with E-state index in [1.165, 1.54) is 38.8 Å². The van der Waals surface area contributed by atoms with Crippen molar-refractivity contribution in [3.8, 4) is 0 Å². The summed E-state index contributed by atoms with van der Waals surface area (Å²) in [6.07, 6.45) is 10.2. The Labute approximate surface area is 162 Å². The molecule has 6 heteroatoms. The minimum atomic E-state index is 0. The van der Waals surface area contributed by atoms with Crippen molar-refractivity contribution in [3.05, 3.63) is 0 Å². The predicted octanol–water partition coefficient (Wildman–Crippen LogP) is 3.21. The maximum Gasteiger partial charge on any atom is 0.193 e. The summed E-state index contributed by atoms with van der Waals surface area (Å²) in [7, 11) is 1.93. The molecule has 0 amide bonds. The lowest BCUT2D eigenvalue weighted by Gasteiger charge is -2.37. The van der Waals surface area contributed by atoms with Crippen LogP contribution in [-0.2, 0) is 4.74 Å². The lowest BCUT2D eigenvalue weighted by molar-refractivity contribution is 0.0781. The Balaban J connectivity index is 0.00000192. The van der Waals surface area contributed by atoms with Crippen molar-refractivity contribution in [2.75, 3.05) is 46.2 Å². The first-order valence-electron chi connectivity index (χ1n) is 8.85. The molecule has 134 valence electrons. The Morgan fingerprint density at radius 2 is 1.83 bits per heavy atom. The van der Waals surface area contributed by atoms with Gasteiger partial charge in [-0.25, -0.2) is 0 Å². The predicted molar refractivity (Wildman–Crippen MR) is 110 cm³/mol. The van der Waals surface area contributed by atoms with E-state index in [0.29, 0.717) is 4.75 Å². The number of nitrogens with zero attached hydrogens (tertiary/aromatic N) is 2. The van der Waals surface area contributed by atoms with Gasteiger partial charge in [-0.15, -0.1) is 24.0 Å². The van der Waals surface area contributed by atoms with Crippen LogP contribution in [0.5, 0.6) is 0 Å². The summed E-state index contributed by atoms with van der Waals surface area (Å²) in [5.74, 6) is 2.93. The van der Waals surface area contributed by atoms with Gasteiger partial charge in [0.2, 0.25) is 0 Å².